The molecule has 1 amide bonds. The van der Waals surface area contributed by atoms with E-state index in [1.54, 1.807) is 24.3 Å². The van der Waals surface area contributed by atoms with Crippen molar-refractivity contribution in [1.29, 1.82) is 0 Å². The number of imidazole rings is 1. The summed E-state index contributed by atoms with van der Waals surface area (Å²) in [6.45, 7) is 3.81. The van der Waals surface area contributed by atoms with Crippen molar-refractivity contribution in [2.45, 2.75) is 63.3 Å². The topological polar surface area (TPSA) is 108 Å². The fourth-order valence-electron chi connectivity index (χ4n) is 4.43. The van der Waals surface area contributed by atoms with Gasteiger partial charge in [-0.05, 0) is 67.6 Å². The first-order valence-electron chi connectivity index (χ1n) is 12.3. The third-order valence-electron chi connectivity index (χ3n) is 6.33. The Bertz CT molecular complexity index is 1250. The Morgan fingerprint density at radius 3 is 2.49 bits per heavy atom. The number of halogens is 2. The van der Waals surface area contributed by atoms with Crippen LogP contribution >= 0.6 is 0 Å². The van der Waals surface area contributed by atoms with Gasteiger partial charge in [0.05, 0.1) is 23.7 Å². The standard InChI is InChI=1S/C28H31F2N3O4/c1-17(34)13-24(36)15-23(35)11-12-33-26(19-5-6-19)25(32-27(33)20-7-9-21(29)10-8-20)28(37)31-16-18-3-2-4-22(30)14-18/h2-4,7-10,14,19,23-24,34-36H,1,5-6,11-13,15-16H2,(H,31,37)/t23-,24+/m1/s1. The second-order valence-corrected chi connectivity index (χ2v) is 9.52. The highest BCUT2D eigenvalue weighted by Gasteiger charge is 2.35. The predicted molar refractivity (Wildman–Crippen MR) is 135 cm³/mol. The largest absolute Gasteiger partial charge is 0.513 e. The number of hydrogen-bond acceptors (Lipinski definition) is 5. The summed E-state index contributed by atoms with van der Waals surface area (Å²) in [5.41, 5.74) is 2.24. The lowest BCUT2D eigenvalue weighted by molar-refractivity contribution is 0.0679. The van der Waals surface area contributed by atoms with Gasteiger partial charge in [0.1, 0.15) is 23.2 Å². The number of nitrogens with one attached hydrogen (secondary N) is 1. The molecule has 1 aromatic heterocycles. The Morgan fingerprint density at radius 1 is 1.11 bits per heavy atom. The minimum absolute atomic E-state index is 0.0219. The van der Waals surface area contributed by atoms with Crippen LogP contribution in [-0.2, 0) is 13.1 Å². The minimum Gasteiger partial charge on any atom is -0.513 e. The number of hydrogen-bond donors (Lipinski definition) is 4. The normalized spacial score (nSPS) is 14.8. The highest BCUT2D eigenvalue weighted by molar-refractivity contribution is 5.94. The molecule has 7 nitrogen and oxygen atoms in total. The molecule has 1 aliphatic carbocycles. The second-order valence-electron chi connectivity index (χ2n) is 9.52. The summed E-state index contributed by atoms with van der Waals surface area (Å²) in [5, 5.41) is 32.7. The fourth-order valence-corrected chi connectivity index (χ4v) is 4.43. The molecule has 1 aliphatic rings. The van der Waals surface area contributed by atoms with Gasteiger partial charge in [-0.1, -0.05) is 18.7 Å². The third kappa shape index (κ3) is 7.02. The predicted octanol–water partition coefficient (Wildman–Crippen LogP) is 4.60. The van der Waals surface area contributed by atoms with Gasteiger partial charge in [-0.2, -0.15) is 0 Å². The minimum atomic E-state index is -0.932. The lowest BCUT2D eigenvalue weighted by Gasteiger charge is -2.18. The van der Waals surface area contributed by atoms with E-state index in [0.717, 1.165) is 18.5 Å². The van der Waals surface area contributed by atoms with Crippen LogP contribution in [0.3, 0.4) is 0 Å². The maximum Gasteiger partial charge on any atom is 0.272 e. The maximum atomic E-state index is 13.6. The SMILES string of the molecule is C=C(O)C[C@H](O)C[C@H](O)CCn1c(-c2ccc(F)cc2)nc(C(=O)NCc2cccc(F)c2)c1C1CC1. The molecule has 0 spiro atoms. The molecule has 4 rings (SSSR count). The summed E-state index contributed by atoms with van der Waals surface area (Å²) in [6.07, 6.45) is 0.279. The summed E-state index contributed by atoms with van der Waals surface area (Å²) in [5.74, 6) is -0.734. The van der Waals surface area contributed by atoms with Crippen LogP contribution in [0.1, 0.15) is 59.8 Å². The van der Waals surface area contributed by atoms with Gasteiger partial charge in [0.2, 0.25) is 0 Å². The molecule has 0 unspecified atom stereocenters. The lowest BCUT2D eigenvalue weighted by atomic mass is 10.1. The second kappa shape index (κ2) is 11.7. The first-order valence-corrected chi connectivity index (χ1v) is 12.3. The Hall–Kier alpha value is -3.56. The molecule has 1 heterocycles. The molecule has 0 bridgehead atoms. The van der Waals surface area contributed by atoms with Crippen LogP contribution in [0.4, 0.5) is 8.78 Å². The molecule has 2 aromatic carbocycles. The van der Waals surface area contributed by atoms with Crippen LogP contribution < -0.4 is 5.32 Å². The average molecular weight is 512 g/mol. The summed E-state index contributed by atoms with van der Waals surface area (Å²) in [4.78, 5) is 17.9. The van der Waals surface area contributed by atoms with E-state index >= 15 is 0 Å². The molecule has 2 atom stereocenters. The Morgan fingerprint density at radius 2 is 1.84 bits per heavy atom. The number of nitrogens with zero attached hydrogens (tertiary/aromatic N) is 2. The van der Waals surface area contributed by atoms with Crippen molar-refractivity contribution in [2.24, 2.45) is 0 Å². The molecule has 196 valence electrons. The molecular formula is C28H31F2N3O4. The monoisotopic (exact) mass is 511 g/mol. The number of aliphatic hydroxyl groups excluding tert-OH is 3. The van der Waals surface area contributed by atoms with E-state index in [1.165, 1.54) is 24.3 Å². The number of carbonyl (C=O) groups is 1. The smallest absolute Gasteiger partial charge is 0.272 e. The number of carbonyl (C=O) groups excluding carboxylic acids is 1. The van der Waals surface area contributed by atoms with Gasteiger partial charge < -0.3 is 25.2 Å². The summed E-state index contributed by atoms with van der Waals surface area (Å²) >= 11 is 0. The quantitative estimate of drug-likeness (QED) is 0.266. The van der Waals surface area contributed by atoms with Crippen molar-refractivity contribution in [2.75, 3.05) is 0 Å². The van der Waals surface area contributed by atoms with E-state index in [1.807, 2.05) is 4.57 Å². The van der Waals surface area contributed by atoms with Gasteiger partial charge in [-0.25, -0.2) is 13.8 Å². The van der Waals surface area contributed by atoms with Gasteiger partial charge in [-0.15, -0.1) is 0 Å². The van der Waals surface area contributed by atoms with Crippen LogP contribution in [0.5, 0.6) is 0 Å². The van der Waals surface area contributed by atoms with Crippen molar-refractivity contribution in [1.82, 2.24) is 14.9 Å². The number of benzene rings is 2. The van der Waals surface area contributed by atoms with Gasteiger partial charge >= 0.3 is 0 Å². The highest BCUT2D eigenvalue weighted by Crippen LogP contribution is 2.43. The zero-order chi connectivity index (χ0) is 26.5. The van der Waals surface area contributed by atoms with Gasteiger partial charge in [0, 0.05) is 31.0 Å². The van der Waals surface area contributed by atoms with Crippen molar-refractivity contribution >= 4 is 5.91 Å². The highest BCUT2D eigenvalue weighted by atomic mass is 19.1. The first-order chi connectivity index (χ1) is 17.7. The van der Waals surface area contributed by atoms with Crippen LogP contribution in [0.2, 0.25) is 0 Å². The van der Waals surface area contributed by atoms with E-state index in [2.05, 4.69) is 16.9 Å². The van der Waals surface area contributed by atoms with Crippen LogP contribution in [-0.4, -0.2) is 43.0 Å². The number of aromatic nitrogens is 2. The maximum absolute atomic E-state index is 13.6. The summed E-state index contributed by atoms with van der Waals surface area (Å²) < 4.78 is 29.1. The molecule has 1 fully saturated rings. The third-order valence-corrected chi connectivity index (χ3v) is 6.33. The van der Waals surface area contributed by atoms with Crippen LogP contribution in [0.15, 0.2) is 60.9 Å². The average Bonchev–Trinajstić information content (AvgIpc) is 3.61. The van der Waals surface area contributed by atoms with Crippen LogP contribution in [0.25, 0.3) is 11.4 Å². The van der Waals surface area contributed by atoms with E-state index in [9.17, 15) is 28.9 Å². The van der Waals surface area contributed by atoms with Gasteiger partial charge in [0.15, 0.2) is 0 Å². The van der Waals surface area contributed by atoms with Gasteiger partial charge in [-0.3, -0.25) is 4.79 Å². The zero-order valence-electron chi connectivity index (χ0n) is 20.4. The molecule has 0 aliphatic heterocycles. The van der Waals surface area contributed by atoms with Crippen molar-refractivity contribution in [3.63, 3.8) is 0 Å². The molecule has 1 saturated carbocycles. The van der Waals surface area contributed by atoms with Crippen molar-refractivity contribution in [3.05, 3.63) is 89.5 Å². The molecule has 4 N–H and O–H groups in total. The van der Waals surface area contributed by atoms with Crippen molar-refractivity contribution in [3.8, 4) is 11.4 Å². The van der Waals surface area contributed by atoms with E-state index in [4.69, 9.17) is 0 Å². The molecule has 3 aromatic rings. The van der Waals surface area contributed by atoms with Gasteiger partial charge in [0.25, 0.3) is 5.91 Å². The molecule has 9 heteroatoms. The molecule has 0 saturated heterocycles. The summed E-state index contributed by atoms with van der Waals surface area (Å²) in [6, 6.07) is 11.8. The summed E-state index contributed by atoms with van der Waals surface area (Å²) in [7, 11) is 0. The zero-order valence-corrected chi connectivity index (χ0v) is 20.4. The molecule has 0 radical (unpaired) electrons. The van der Waals surface area contributed by atoms with Crippen LogP contribution in [0, 0.1) is 11.6 Å². The Labute approximate surface area is 214 Å². The number of amides is 1. The van der Waals surface area contributed by atoms with E-state index < -0.39 is 23.9 Å². The van der Waals surface area contributed by atoms with Crippen molar-refractivity contribution < 1.29 is 28.9 Å². The number of rotatable bonds is 12. The Balaban J connectivity index is 1.60. The number of aliphatic hydroxyl groups is 3. The molecular weight excluding hydrogens is 480 g/mol. The fraction of sp³-hybridized carbons (Fsp3) is 0.357. The molecule has 37 heavy (non-hydrogen) atoms. The van der Waals surface area contributed by atoms with E-state index in [-0.39, 0.29) is 49.0 Å². The van der Waals surface area contributed by atoms with E-state index in [0.29, 0.717) is 23.5 Å². The first kappa shape index (κ1) is 26.5. The Kier molecular flexibility index (Phi) is 8.35. The lowest BCUT2D eigenvalue weighted by Crippen LogP contribution is -2.25.